The summed E-state index contributed by atoms with van der Waals surface area (Å²) in [5.41, 5.74) is 8.71. The third-order valence-corrected chi connectivity index (χ3v) is 4.86. The summed E-state index contributed by atoms with van der Waals surface area (Å²) in [7, 11) is 1.92. The van der Waals surface area contributed by atoms with Crippen LogP contribution in [-0.4, -0.2) is 7.05 Å². The van der Waals surface area contributed by atoms with Crippen LogP contribution in [0.25, 0.3) is 0 Å². The van der Waals surface area contributed by atoms with Crippen molar-refractivity contribution in [1.29, 1.82) is 0 Å². The van der Waals surface area contributed by atoms with Crippen LogP contribution < -0.4 is 21.3 Å². The normalized spacial score (nSPS) is 8.79. The minimum Gasteiger partial charge on any atom is -0.388 e. The Hall–Kier alpha value is -3.92. The molecule has 0 radical (unpaired) electrons. The SMILES string of the molecule is CC.CC.CC.CC.CNc1ccc(Nc2ccc(Nc3ccc(Nc4ccc(C)cc4)cc3)cc2)cc1. The summed E-state index contributed by atoms with van der Waals surface area (Å²) in [5, 5.41) is 13.4. The third kappa shape index (κ3) is 12.4. The van der Waals surface area contributed by atoms with Gasteiger partial charge in [-0.1, -0.05) is 73.1 Å². The van der Waals surface area contributed by atoms with Crippen LogP contribution in [0.5, 0.6) is 0 Å². The molecule has 0 bridgehead atoms. The summed E-state index contributed by atoms with van der Waals surface area (Å²) >= 11 is 0. The predicted molar refractivity (Wildman–Crippen MR) is 175 cm³/mol. The number of hydrogen-bond acceptors (Lipinski definition) is 4. The van der Waals surface area contributed by atoms with Gasteiger partial charge in [0.05, 0.1) is 0 Å². The molecule has 0 saturated heterocycles. The first-order chi connectivity index (χ1) is 18.7. The number of benzene rings is 4. The summed E-state index contributed by atoms with van der Waals surface area (Å²) in [6.45, 7) is 18.1. The first-order valence-electron chi connectivity index (χ1n) is 14.0. The molecule has 0 aliphatic rings. The molecule has 0 unspecified atom stereocenters. The van der Waals surface area contributed by atoms with E-state index in [-0.39, 0.29) is 0 Å². The summed E-state index contributed by atoms with van der Waals surface area (Å²) in [6, 6.07) is 33.2. The zero-order chi connectivity index (χ0) is 28.8. The average Bonchev–Trinajstić information content (AvgIpc) is 3.01. The average molecular weight is 515 g/mol. The monoisotopic (exact) mass is 514 g/mol. The second-order valence-electron chi connectivity index (χ2n) is 7.22. The van der Waals surface area contributed by atoms with Gasteiger partial charge >= 0.3 is 0 Å². The van der Waals surface area contributed by atoms with E-state index >= 15 is 0 Å². The van der Waals surface area contributed by atoms with Crippen LogP contribution >= 0.6 is 0 Å². The molecule has 0 heterocycles. The minimum atomic E-state index is 1.05. The fraction of sp³-hybridized carbons (Fsp3) is 0.294. The Labute approximate surface area is 232 Å². The van der Waals surface area contributed by atoms with Gasteiger partial charge in [-0.3, -0.25) is 0 Å². The Kier molecular flexibility index (Phi) is 19.0. The molecular weight excluding hydrogens is 464 g/mol. The van der Waals surface area contributed by atoms with E-state index in [0.717, 1.165) is 39.8 Å². The number of hydrogen-bond donors (Lipinski definition) is 4. The topological polar surface area (TPSA) is 48.1 Å². The Morgan fingerprint density at radius 3 is 0.711 bits per heavy atom. The Morgan fingerprint density at radius 1 is 0.316 bits per heavy atom. The minimum absolute atomic E-state index is 1.05. The van der Waals surface area contributed by atoms with Gasteiger partial charge in [-0.2, -0.15) is 0 Å². The fourth-order valence-corrected chi connectivity index (χ4v) is 3.13. The Morgan fingerprint density at radius 2 is 0.500 bits per heavy atom. The number of nitrogens with one attached hydrogen (secondary N) is 4. The van der Waals surface area contributed by atoms with Crippen LogP contribution in [0, 0.1) is 6.92 Å². The molecule has 4 aromatic carbocycles. The molecule has 0 aromatic heterocycles. The molecule has 0 aliphatic heterocycles. The van der Waals surface area contributed by atoms with Crippen LogP contribution in [0.2, 0.25) is 0 Å². The molecular formula is C34H50N4. The molecule has 4 heteroatoms. The molecule has 0 aliphatic carbocycles. The molecule has 4 nitrogen and oxygen atoms in total. The second kappa shape index (κ2) is 21.2. The van der Waals surface area contributed by atoms with Gasteiger partial charge in [-0.25, -0.2) is 0 Å². The van der Waals surface area contributed by atoms with E-state index in [2.05, 4.69) is 125 Å². The highest BCUT2D eigenvalue weighted by Crippen LogP contribution is 2.24. The largest absolute Gasteiger partial charge is 0.388 e. The van der Waals surface area contributed by atoms with Gasteiger partial charge in [0, 0.05) is 46.9 Å². The summed E-state index contributed by atoms with van der Waals surface area (Å²) < 4.78 is 0. The van der Waals surface area contributed by atoms with Gasteiger partial charge in [-0.15, -0.1) is 0 Å². The highest BCUT2D eigenvalue weighted by atomic mass is 14.9. The fourth-order valence-electron chi connectivity index (χ4n) is 3.13. The molecule has 206 valence electrons. The van der Waals surface area contributed by atoms with Crippen molar-refractivity contribution in [3.63, 3.8) is 0 Å². The van der Waals surface area contributed by atoms with Crippen molar-refractivity contribution in [2.45, 2.75) is 62.3 Å². The summed E-state index contributed by atoms with van der Waals surface area (Å²) in [5.74, 6) is 0. The number of aryl methyl sites for hydroxylation is 1. The van der Waals surface area contributed by atoms with Gasteiger partial charge in [0.2, 0.25) is 0 Å². The molecule has 4 aromatic rings. The zero-order valence-electron chi connectivity index (χ0n) is 25.2. The molecule has 0 atom stereocenters. The lowest BCUT2D eigenvalue weighted by Crippen LogP contribution is -1.94. The highest BCUT2D eigenvalue weighted by Gasteiger charge is 1.99. The standard InChI is InChI=1S/C26H26N4.4C2H6/c1-19-3-5-21(6-4-19)28-23-11-13-25(14-12-23)30-26-17-15-24(16-18-26)29-22-9-7-20(27-2)8-10-22;4*1-2/h3-18,27-30H,1-2H3;4*1-2H3. The van der Waals surface area contributed by atoms with Crippen LogP contribution in [0.4, 0.5) is 39.8 Å². The molecule has 4 rings (SSSR count). The van der Waals surface area contributed by atoms with Crippen LogP contribution in [0.15, 0.2) is 97.1 Å². The summed E-state index contributed by atoms with van der Waals surface area (Å²) in [4.78, 5) is 0. The van der Waals surface area contributed by atoms with Crippen LogP contribution in [0.3, 0.4) is 0 Å². The van der Waals surface area contributed by atoms with Gasteiger partial charge in [-0.05, 0) is 91.9 Å². The van der Waals surface area contributed by atoms with Gasteiger partial charge < -0.3 is 21.3 Å². The lowest BCUT2D eigenvalue weighted by atomic mass is 10.2. The van der Waals surface area contributed by atoms with Crippen molar-refractivity contribution in [3.8, 4) is 0 Å². The van der Waals surface area contributed by atoms with Crippen molar-refractivity contribution < 1.29 is 0 Å². The predicted octanol–water partition coefficient (Wildman–Crippen LogP) is 11.4. The Bertz CT molecular complexity index is 1070. The van der Waals surface area contributed by atoms with E-state index in [1.807, 2.05) is 62.4 Å². The maximum Gasteiger partial charge on any atom is 0.0385 e. The molecule has 0 spiro atoms. The van der Waals surface area contributed by atoms with Crippen LogP contribution in [0.1, 0.15) is 61.0 Å². The molecule has 0 fully saturated rings. The molecule has 0 saturated carbocycles. The van der Waals surface area contributed by atoms with E-state index in [1.165, 1.54) is 5.56 Å². The van der Waals surface area contributed by atoms with Crippen molar-refractivity contribution >= 4 is 39.8 Å². The van der Waals surface area contributed by atoms with Crippen molar-refractivity contribution in [3.05, 3.63) is 103 Å². The van der Waals surface area contributed by atoms with Gasteiger partial charge in [0.25, 0.3) is 0 Å². The molecule has 38 heavy (non-hydrogen) atoms. The molecule has 0 amide bonds. The lowest BCUT2D eigenvalue weighted by molar-refractivity contribution is 1.45. The lowest BCUT2D eigenvalue weighted by Gasteiger charge is -2.11. The first-order valence-corrected chi connectivity index (χ1v) is 14.0. The van der Waals surface area contributed by atoms with Crippen molar-refractivity contribution in [1.82, 2.24) is 0 Å². The van der Waals surface area contributed by atoms with E-state index in [4.69, 9.17) is 0 Å². The zero-order valence-corrected chi connectivity index (χ0v) is 25.2. The number of anilines is 7. The second-order valence-corrected chi connectivity index (χ2v) is 7.22. The number of rotatable bonds is 7. The van der Waals surface area contributed by atoms with Crippen molar-refractivity contribution in [2.75, 3.05) is 28.3 Å². The van der Waals surface area contributed by atoms with E-state index in [9.17, 15) is 0 Å². The summed E-state index contributed by atoms with van der Waals surface area (Å²) in [6.07, 6.45) is 0. The maximum atomic E-state index is 3.44. The van der Waals surface area contributed by atoms with E-state index in [0.29, 0.717) is 0 Å². The van der Waals surface area contributed by atoms with Crippen molar-refractivity contribution in [2.24, 2.45) is 0 Å². The quantitative estimate of drug-likeness (QED) is 0.198. The maximum absolute atomic E-state index is 3.44. The third-order valence-electron chi connectivity index (χ3n) is 4.86. The smallest absolute Gasteiger partial charge is 0.0385 e. The van der Waals surface area contributed by atoms with E-state index < -0.39 is 0 Å². The first kappa shape index (κ1) is 34.1. The highest BCUT2D eigenvalue weighted by molar-refractivity contribution is 5.69. The van der Waals surface area contributed by atoms with Gasteiger partial charge in [0.1, 0.15) is 0 Å². The Balaban J connectivity index is 0.00000157. The molecule has 4 N–H and O–H groups in total. The van der Waals surface area contributed by atoms with Gasteiger partial charge in [0.15, 0.2) is 0 Å². The van der Waals surface area contributed by atoms with Crippen LogP contribution in [-0.2, 0) is 0 Å². The van der Waals surface area contributed by atoms with E-state index in [1.54, 1.807) is 0 Å².